The minimum absolute atomic E-state index is 0.0622. The fraction of sp³-hybridized carbons (Fsp3) is 0.222. The standard InChI is InChI=1S/C18H19NO5S/c1-13(25(22,23)16-11-7-4-8-12-16)17(24-14(2)20)18(21)19-15-9-5-3-6-10-15/h3-13,17H,1-2H3,(H,19,21)/t13-,17+/m1/s1. The van der Waals surface area contributed by atoms with Crippen LogP contribution in [0.25, 0.3) is 0 Å². The van der Waals surface area contributed by atoms with E-state index >= 15 is 0 Å². The average molecular weight is 361 g/mol. The van der Waals surface area contributed by atoms with Gasteiger partial charge >= 0.3 is 5.97 Å². The molecule has 0 saturated heterocycles. The molecule has 0 saturated carbocycles. The molecule has 0 aliphatic rings. The normalized spacial score (nSPS) is 13.5. The zero-order chi connectivity index (χ0) is 18.4. The fourth-order valence-corrected chi connectivity index (χ4v) is 3.73. The number of sulfone groups is 1. The zero-order valence-electron chi connectivity index (χ0n) is 13.9. The Morgan fingerprint density at radius 2 is 1.48 bits per heavy atom. The molecule has 0 aromatic heterocycles. The van der Waals surface area contributed by atoms with Crippen LogP contribution < -0.4 is 5.32 Å². The molecule has 0 unspecified atom stereocenters. The fourth-order valence-electron chi connectivity index (χ4n) is 2.26. The molecule has 0 heterocycles. The van der Waals surface area contributed by atoms with Gasteiger partial charge in [-0.2, -0.15) is 0 Å². The van der Waals surface area contributed by atoms with Crippen molar-refractivity contribution in [1.29, 1.82) is 0 Å². The molecular formula is C18H19NO5S. The van der Waals surface area contributed by atoms with Crippen LogP contribution in [-0.4, -0.2) is 31.6 Å². The lowest BCUT2D eigenvalue weighted by molar-refractivity contribution is -0.151. The Morgan fingerprint density at radius 3 is 2.00 bits per heavy atom. The summed E-state index contributed by atoms with van der Waals surface area (Å²) in [5, 5.41) is 1.32. The lowest BCUT2D eigenvalue weighted by Gasteiger charge is -2.23. The second-order valence-electron chi connectivity index (χ2n) is 5.45. The number of esters is 1. The van der Waals surface area contributed by atoms with Crippen molar-refractivity contribution in [2.75, 3.05) is 5.32 Å². The van der Waals surface area contributed by atoms with Gasteiger partial charge in [0, 0.05) is 12.6 Å². The number of amides is 1. The van der Waals surface area contributed by atoms with E-state index in [1.807, 2.05) is 0 Å². The van der Waals surface area contributed by atoms with Crippen LogP contribution in [-0.2, 0) is 24.2 Å². The minimum atomic E-state index is -3.86. The molecule has 0 radical (unpaired) electrons. The third-order valence-electron chi connectivity index (χ3n) is 3.58. The highest BCUT2D eigenvalue weighted by molar-refractivity contribution is 7.92. The van der Waals surface area contributed by atoms with Crippen molar-refractivity contribution < 1.29 is 22.7 Å². The summed E-state index contributed by atoms with van der Waals surface area (Å²) in [4.78, 5) is 24.0. The van der Waals surface area contributed by atoms with Crippen LogP contribution in [0.1, 0.15) is 13.8 Å². The molecule has 0 spiro atoms. The topological polar surface area (TPSA) is 89.5 Å². The molecule has 6 nitrogen and oxygen atoms in total. The molecule has 7 heteroatoms. The average Bonchev–Trinajstić information content (AvgIpc) is 2.60. The Labute approximate surface area is 146 Å². The SMILES string of the molecule is CC(=O)O[C@H](C(=O)Nc1ccccc1)[C@@H](C)S(=O)(=O)c1ccccc1. The van der Waals surface area contributed by atoms with Gasteiger partial charge in [0.25, 0.3) is 5.91 Å². The molecule has 0 aliphatic carbocycles. The summed E-state index contributed by atoms with van der Waals surface area (Å²) in [5.74, 6) is -1.43. The lowest BCUT2D eigenvalue weighted by atomic mass is 10.2. The van der Waals surface area contributed by atoms with Gasteiger partial charge in [0.2, 0.25) is 0 Å². The van der Waals surface area contributed by atoms with Crippen molar-refractivity contribution in [2.45, 2.75) is 30.1 Å². The number of hydrogen-bond donors (Lipinski definition) is 1. The van der Waals surface area contributed by atoms with E-state index in [4.69, 9.17) is 4.74 Å². The highest BCUT2D eigenvalue weighted by Crippen LogP contribution is 2.21. The largest absolute Gasteiger partial charge is 0.451 e. The van der Waals surface area contributed by atoms with Crippen LogP contribution in [0.15, 0.2) is 65.6 Å². The van der Waals surface area contributed by atoms with E-state index in [1.54, 1.807) is 48.5 Å². The van der Waals surface area contributed by atoms with Gasteiger partial charge in [0.1, 0.15) is 5.25 Å². The van der Waals surface area contributed by atoms with E-state index in [-0.39, 0.29) is 4.90 Å². The van der Waals surface area contributed by atoms with Crippen molar-refractivity contribution in [3.63, 3.8) is 0 Å². The monoisotopic (exact) mass is 361 g/mol. The molecule has 0 bridgehead atoms. The number of rotatable bonds is 6. The first kappa shape index (κ1) is 18.7. The maximum Gasteiger partial charge on any atom is 0.303 e. The summed E-state index contributed by atoms with van der Waals surface area (Å²) >= 11 is 0. The van der Waals surface area contributed by atoms with Gasteiger partial charge in [0.15, 0.2) is 15.9 Å². The highest BCUT2D eigenvalue weighted by Gasteiger charge is 2.38. The summed E-state index contributed by atoms with van der Waals surface area (Å²) in [6.45, 7) is 2.48. The molecule has 2 rings (SSSR count). The van der Waals surface area contributed by atoms with Crippen molar-refractivity contribution in [3.8, 4) is 0 Å². The number of ether oxygens (including phenoxy) is 1. The molecule has 25 heavy (non-hydrogen) atoms. The minimum Gasteiger partial charge on any atom is -0.451 e. The third kappa shape index (κ3) is 4.67. The molecular weight excluding hydrogens is 342 g/mol. The van der Waals surface area contributed by atoms with Gasteiger partial charge in [-0.25, -0.2) is 8.42 Å². The first-order valence-corrected chi connectivity index (χ1v) is 9.19. The van der Waals surface area contributed by atoms with Crippen molar-refractivity contribution in [2.24, 2.45) is 0 Å². The number of para-hydroxylation sites is 1. The van der Waals surface area contributed by atoms with Crippen LogP contribution in [0.3, 0.4) is 0 Å². The molecule has 2 aromatic carbocycles. The first-order chi connectivity index (χ1) is 11.8. The predicted molar refractivity (Wildman–Crippen MR) is 93.7 cm³/mol. The quantitative estimate of drug-likeness (QED) is 0.798. The number of hydrogen-bond acceptors (Lipinski definition) is 5. The summed E-state index contributed by atoms with van der Waals surface area (Å²) in [5.41, 5.74) is 0.481. The maximum absolute atomic E-state index is 12.7. The zero-order valence-corrected chi connectivity index (χ0v) is 14.7. The van der Waals surface area contributed by atoms with E-state index < -0.39 is 33.1 Å². The number of carbonyl (C=O) groups excluding carboxylic acids is 2. The van der Waals surface area contributed by atoms with Crippen LogP contribution >= 0.6 is 0 Å². The Bertz CT molecular complexity index is 834. The van der Waals surface area contributed by atoms with Crippen LogP contribution in [0.4, 0.5) is 5.69 Å². The van der Waals surface area contributed by atoms with E-state index in [2.05, 4.69) is 5.32 Å². The van der Waals surface area contributed by atoms with Gasteiger partial charge in [-0.15, -0.1) is 0 Å². The van der Waals surface area contributed by atoms with E-state index in [9.17, 15) is 18.0 Å². The smallest absolute Gasteiger partial charge is 0.303 e. The van der Waals surface area contributed by atoms with E-state index in [0.717, 1.165) is 6.92 Å². The Morgan fingerprint density at radius 1 is 0.960 bits per heavy atom. The summed E-state index contributed by atoms with van der Waals surface area (Å²) < 4.78 is 30.5. The molecule has 0 fully saturated rings. The molecule has 2 atom stereocenters. The van der Waals surface area contributed by atoms with Crippen LogP contribution in [0, 0.1) is 0 Å². The molecule has 1 amide bonds. The Kier molecular flexibility index (Phi) is 5.93. The number of carbonyl (C=O) groups is 2. The van der Waals surface area contributed by atoms with Gasteiger partial charge in [-0.1, -0.05) is 36.4 Å². The highest BCUT2D eigenvalue weighted by atomic mass is 32.2. The summed E-state index contributed by atoms with van der Waals surface area (Å²) in [6.07, 6.45) is -1.47. The van der Waals surface area contributed by atoms with Crippen molar-refractivity contribution in [3.05, 3.63) is 60.7 Å². The third-order valence-corrected chi connectivity index (χ3v) is 5.74. The first-order valence-electron chi connectivity index (χ1n) is 7.64. The van der Waals surface area contributed by atoms with Gasteiger partial charge < -0.3 is 10.1 Å². The summed E-state index contributed by atoms with van der Waals surface area (Å²) in [7, 11) is -3.86. The molecule has 1 N–H and O–H groups in total. The predicted octanol–water partition coefficient (Wildman–Crippen LogP) is 2.42. The number of anilines is 1. The lowest BCUT2D eigenvalue weighted by Crippen LogP contribution is -2.43. The van der Waals surface area contributed by atoms with Gasteiger partial charge in [-0.05, 0) is 31.2 Å². The number of nitrogens with one attached hydrogen (secondary N) is 1. The molecule has 2 aromatic rings. The van der Waals surface area contributed by atoms with Crippen molar-refractivity contribution in [1.82, 2.24) is 0 Å². The molecule has 0 aliphatic heterocycles. The van der Waals surface area contributed by atoms with E-state index in [0.29, 0.717) is 5.69 Å². The van der Waals surface area contributed by atoms with Crippen LogP contribution in [0.5, 0.6) is 0 Å². The second kappa shape index (κ2) is 7.94. The maximum atomic E-state index is 12.7. The molecule has 132 valence electrons. The van der Waals surface area contributed by atoms with Crippen molar-refractivity contribution >= 4 is 27.4 Å². The Balaban J connectivity index is 2.30. The van der Waals surface area contributed by atoms with Gasteiger partial charge in [-0.3, -0.25) is 9.59 Å². The van der Waals surface area contributed by atoms with Crippen LogP contribution in [0.2, 0.25) is 0 Å². The second-order valence-corrected chi connectivity index (χ2v) is 7.75. The number of benzene rings is 2. The Hall–Kier alpha value is -2.67. The summed E-state index contributed by atoms with van der Waals surface area (Å²) in [6, 6.07) is 16.3. The van der Waals surface area contributed by atoms with E-state index in [1.165, 1.54) is 19.1 Å². The van der Waals surface area contributed by atoms with Gasteiger partial charge in [0.05, 0.1) is 4.90 Å².